The number of hydrogen-bond acceptors (Lipinski definition) is 3. The molecular weight excluding hydrogens is 273 g/mol. The number of thioether (sulfide) groups is 1. The maximum atomic E-state index is 13.0. The summed E-state index contributed by atoms with van der Waals surface area (Å²) in [5, 5.41) is 3.18. The van der Waals surface area contributed by atoms with E-state index in [0.29, 0.717) is 13.0 Å². The first-order chi connectivity index (χ1) is 9.00. The molecular formula is C13H19F3N2S. The van der Waals surface area contributed by atoms with Crippen molar-refractivity contribution < 1.29 is 13.2 Å². The first-order valence-corrected chi connectivity index (χ1v) is 7.63. The predicted molar refractivity (Wildman–Crippen MR) is 73.3 cm³/mol. The number of nitrogens with zero attached hydrogens (tertiary/aromatic N) is 1. The summed E-state index contributed by atoms with van der Waals surface area (Å²) in [6.07, 6.45) is 1.69. The quantitative estimate of drug-likeness (QED) is 0.825. The second-order valence-electron chi connectivity index (χ2n) is 4.25. The van der Waals surface area contributed by atoms with Crippen molar-refractivity contribution in [2.24, 2.45) is 0 Å². The van der Waals surface area contributed by atoms with E-state index in [9.17, 15) is 13.2 Å². The second kappa shape index (κ2) is 7.75. The topological polar surface area (TPSA) is 24.9 Å². The summed E-state index contributed by atoms with van der Waals surface area (Å²) in [6.45, 7) is 2.69. The summed E-state index contributed by atoms with van der Waals surface area (Å²) in [7, 11) is 0. The molecule has 0 aliphatic heterocycles. The molecule has 1 N–H and O–H groups in total. The second-order valence-corrected chi connectivity index (χ2v) is 5.23. The van der Waals surface area contributed by atoms with E-state index < -0.39 is 11.7 Å². The molecule has 1 rings (SSSR count). The maximum absolute atomic E-state index is 13.0. The van der Waals surface area contributed by atoms with Crippen LogP contribution in [0.15, 0.2) is 18.5 Å². The van der Waals surface area contributed by atoms with Crippen molar-refractivity contribution in [3.8, 4) is 0 Å². The molecule has 0 fully saturated rings. The van der Waals surface area contributed by atoms with Gasteiger partial charge in [-0.2, -0.15) is 24.9 Å². The number of aromatic nitrogens is 1. The van der Waals surface area contributed by atoms with Gasteiger partial charge in [0.2, 0.25) is 0 Å². The van der Waals surface area contributed by atoms with Gasteiger partial charge >= 0.3 is 6.18 Å². The van der Waals surface area contributed by atoms with Crippen LogP contribution in [0.3, 0.4) is 0 Å². The van der Waals surface area contributed by atoms with Gasteiger partial charge in [0.1, 0.15) is 0 Å². The van der Waals surface area contributed by atoms with Gasteiger partial charge in [0.05, 0.1) is 5.56 Å². The summed E-state index contributed by atoms with van der Waals surface area (Å²) in [5.41, 5.74) is -0.338. The summed E-state index contributed by atoms with van der Waals surface area (Å²) < 4.78 is 39.0. The lowest BCUT2D eigenvalue weighted by Gasteiger charge is -2.22. The van der Waals surface area contributed by atoms with Crippen molar-refractivity contribution in [3.05, 3.63) is 29.6 Å². The molecule has 19 heavy (non-hydrogen) atoms. The van der Waals surface area contributed by atoms with E-state index in [-0.39, 0.29) is 11.6 Å². The Hall–Kier alpha value is -0.750. The van der Waals surface area contributed by atoms with E-state index in [4.69, 9.17) is 0 Å². The third-order valence-corrected chi connectivity index (χ3v) is 3.43. The van der Waals surface area contributed by atoms with Crippen LogP contribution in [-0.4, -0.2) is 23.5 Å². The van der Waals surface area contributed by atoms with Crippen molar-refractivity contribution in [2.75, 3.05) is 18.6 Å². The molecule has 1 unspecified atom stereocenters. The van der Waals surface area contributed by atoms with Crippen molar-refractivity contribution in [1.82, 2.24) is 10.3 Å². The first-order valence-electron chi connectivity index (χ1n) is 6.24. The van der Waals surface area contributed by atoms with Gasteiger partial charge in [-0.15, -0.1) is 0 Å². The maximum Gasteiger partial charge on any atom is 0.416 e. The van der Waals surface area contributed by atoms with Gasteiger partial charge in [-0.1, -0.05) is 6.92 Å². The molecule has 0 amide bonds. The van der Waals surface area contributed by atoms with Gasteiger partial charge in [0, 0.05) is 18.4 Å². The monoisotopic (exact) mass is 292 g/mol. The van der Waals surface area contributed by atoms with Crippen molar-refractivity contribution in [3.63, 3.8) is 0 Å². The van der Waals surface area contributed by atoms with Gasteiger partial charge in [-0.05, 0) is 43.0 Å². The van der Waals surface area contributed by atoms with Crippen LogP contribution in [-0.2, 0) is 6.18 Å². The van der Waals surface area contributed by atoms with Crippen LogP contribution < -0.4 is 5.32 Å². The molecule has 6 heteroatoms. The molecule has 1 atom stereocenters. The largest absolute Gasteiger partial charge is 0.416 e. The molecule has 0 bridgehead atoms. The minimum Gasteiger partial charge on any atom is -0.310 e. The van der Waals surface area contributed by atoms with Crippen LogP contribution in [0.2, 0.25) is 0 Å². The highest BCUT2D eigenvalue weighted by Gasteiger charge is 2.35. The Morgan fingerprint density at radius 1 is 1.42 bits per heavy atom. The highest BCUT2D eigenvalue weighted by molar-refractivity contribution is 7.98. The van der Waals surface area contributed by atoms with Crippen molar-refractivity contribution in [2.45, 2.75) is 32.0 Å². The zero-order valence-electron chi connectivity index (χ0n) is 11.1. The van der Waals surface area contributed by atoms with Crippen molar-refractivity contribution in [1.29, 1.82) is 0 Å². The number of pyridine rings is 1. The van der Waals surface area contributed by atoms with Crippen LogP contribution >= 0.6 is 11.8 Å². The summed E-state index contributed by atoms with van der Waals surface area (Å²) in [4.78, 5) is 3.85. The van der Waals surface area contributed by atoms with Gasteiger partial charge in [-0.25, -0.2) is 0 Å². The molecule has 0 aliphatic carbocycles. The average molecular weight is 292 g/mol. The third kappa shape index (κ3) is 5.03. The summed E-state index contributed by atoms with van der Waals surface area (Å²) >= 11 is 1.63. The van der Waals surface area contributed by atoms with Gasteiger partial charge in [-0.3, -0.25) is 4.98 Å². The van der Waals surface area contributed by atoms with Crippen LogP contribution in [0.4, 0.5) is 13.2 Å². The molecule has 0 spiro atoms. The van der Waals surface area contributed by atoms with E-state index in [2.05, 4.69) is 10.3 Å². The highest BCUT2D eigenvalue weighted by Crippen LogP contribution is 2.35. The molecule has 0 saturated heterocycles. The lowest BCUT2D eigenvalue weighted by molar-refractivity contribution is -0.138. The Labute approximate surface area is 116 Å². The van der Waals surface area contributed by atoms with Gasteiger partial charge in [0.15, 0.2) is 0 Å². The number of rotatable bonds is 7. The normalized spacial score (nSPS) is 13.5. The lowest BCUT2D eigenvalue weighted by atomic mass is 10.0. The van der Waals surface area contributed by atoms with Crippen LogP contribution in [0, 0.1) is 0 Å². The van der Waals surface area contributed by atoms with Crippen LogP contribution in [0.1, 0.15) is 36.9 Å². The van der Waals surface area contributed by atoms with Gasteiger partial charge in [0.25, 0.3) is 0 Å². The fourth-order valence-electron chi connectivity index (χ4n) is 1.86. The molecule has 108 valence electrons. The molecule has 0 saturated carbocycles. The zero-order valence-corrected chi connectivity index (χ0v) is 11.9. The Kier molecular flexibility index (Phi) is 6.65. The first kappa shape index (κ1) is 16.3. The zero-order chi connectivity index (χ0) is 14.3. The molecule has 1 heterocycles. The van der Waals surface area contributed by atoms with E-state index >= 15 is 0 Å². The molecule has 0 aliphatic rings. The third-order valence-electron chi connectivity index (χ3n) is 2.78. The smallest absolute Gasteiger partial charge is 0.310 e. The summed E-state index contributed by atoms with van der Waals surface area (Å²) in [6, 6.07) is 0.757. The minimum absolute atomic E-state index is 0.248. The summed E-state index contributed by atoms with van der Waals surface area (Å²) in [5.74, 6) is 0.813. The number of hydrogen-bond donors (Lipinski definition) is 1. The standard InChI is InChI=1S/C13H19F3N2S/c1-3-6-18-12(5-8-19-2)10-9-17-7-4-11(10)13(14,15)16/h4,7,9,12,18H,3,5-6,8H2,1-2H3. The minimum atomic E-state index is -4.33. The Morgan fingerprint density at radius 3 is 2.74 bits per heavy atom. The highest BCUT2D eigenvalue weighted by atomic mass is 32.2. The number of halogens is 3. The van der Waals surface area contributed by atoms with E-state index in [1.807, 2.05) is 13.2 Å². The fourth-order valence-corrected chi connectivity index (χ4v) is 2.34. The van der Waals surface area contributed by atoms with Crippen LogP contribution in [0.5, 0.6) is 0 Å². The predicted octanol–water partition coefficient (Wildman–Crippen LogP) is 3.89. The molecule has 1 aromatic heterocycles. The number of alkyl halides is 3. The van der Waals surface area contributed by atoms with E-state index in [1.54, 1.807) is 11.8 Å². The SMILES string of the molecule is CCCNC(CCSC)c1cnccc1C(F)(F)F. The average Bonchev–Trinajstić information content (AvgIpc) is 2.38. The van der Waals surface area contributed by atoms with Crippen molar-refractivity contribution >= 4 is 11.8 Å². The van der Waals surface area contributed by atoms with Gasteiger partial charge < -0.3 is 5.32 Å². The Balaban J connectivity index is 3.00. The Morgan fingerprint density at radius 2 is 2.16 bits per heavy atom. The number of nitrogens with one attached hydrogen (secondary N) is 1. The molecule has 0 aromatic carbocycles. The Bertz CT molecular complexity index is 374. The van der Waals surface area contributed by atoms with E-state index in [1.165, 1.54) is 12.4 Å². The van der Waals surface area contributed by atoms with E-state index in [0.717, 1.165) is 18.2 Å². The molecule has 0 radical (unpaired) electrons. The molecule has 1 aromatic rings. The molecule has 2 nitrogen and oxygen atoms in total. The fraction of sp³-hybridized carbons (Fsp3) is 0.615. The van der Waals surface area contributed by atoms with Crippen LogP contribution in [0.25, 0.3) is 0 Å². The lowest BCUT2D eigenvalue weighted by Crippen LogP contribution is -2.25.